The summed E-state index contributed by atoms with van der Waals surface area (Å²) >= 11 is 4.93. The van der Waals surface area contributed by atoms with Gasteiger partial charge < -0.3 is 5.73 Å². The van der Waals surface area contributed by atoms with E-state index in [0.29, 0.717) is 0 Å². The molecule has 0 aliphatic carbocycles. The summed E-state index contributed by atoms with van der Waals surface area (Å²) < 4.78 is 13.0. The van der Waals surface area contributed by atoms with Crippen molar-refractivity contribution in [1.29, 1.82) is 0 Å². The van der Waals surface area contributed by atoms with Crippen LogP contribution in [0.1, 0.15) is 2.74 Å². The fourth-order valence-corrected chi connectivity index (χ4v) is 0. The van der Waals surface area contributed by atoms with Crippen molar-refractivity contribution in [2.75, 3.05) is 12.4 Å². The average Bonchev–Trinajstić information content (AvgIpc) is 1.35. The van der Waals surface area contributed by atoms with Gasteiger partial charge in [-0.25, -0.2) is 0 Å². The van der Waals surface area contributed by atoms with Gasteiger partial charge in [-0.1, -0.05) is 0 Å². The molecule has 0 aliphatic heterocycles. The smallest absolute Gasteiger partial charge is 0.0448 e. The van der Waals surface area contributed by atoms with E-state index in [9.17, 15) is 0 Å². The molecule has 26 valence electrons. The minimum Gasteiger partial charge on any atom is -0.329 e. The molecule has 0 fully saturated rings. The van der Waals surface area contributed by atoms with Crippen LogP contribution in [-0.2, 0) is 0 Å². The summed E-state index contributed by atoms with van der Waals surface area (Å²) in [5, 5.41) is 0. The number of alkyl halides is 1. The molecule has 0 aromatic rings. The zero-order chi connectivity index (χ0) is 5.21. The summed E-state index contributed by atoms with van der Waals surface area (Å²) in [7, 11) is 0. The second-order valence-corrected chi connectivity index (χ2v) is 0.605. The van der Waals surface area contributed by atoms with Crippen LogP contribution >= 0.6 is 11.6 Å². The molecule has 1 nitrogen and oxygen atoms in total. The van der Waals surface area contributed by atoms with Gasteiger partial charge in [-0.3, -0.25) is 0 Å². The van der Waals surface area contributed by atoms with E-state index < -0.39 is 5.83 Å². The molecule has 0 saturated heterocycles. The van der Waals surface area contributed by atoms with Gasteiger partial charge in [0.15, 0.2) is 0 Å². The monoisotopic (exact) mass is 81.0 g/mol. The topological polar surface area (TPSA) is 26.0 Å². The Kier molecular flexibility index (Phi) is 1.32. The summed E-state index contributed by atoms with van der Waals surface area (Å²) in [5.74, 6) is -1.71. The highest BCUT2D eigenvalue weighted by Crippen LogP contribution is 1.60. The molecule has 0 aliphatic rings. The number of nitrogens with two attached hydrogens (primary N) is 1. The molecule has 2 N–H and O–H groups in total. The Balaban J connectivity index is 3.17. The lowest BCUT2D eigenvalue weighted by Gasteiger charge is -1.68. The molecule has 0 saturated carbocycles. The molecule has 0 rings (SSSR count). The Morgan fingerprint density at radius 2 is 2.50 bits per heavy atom. The molecule has 2 heteroatoms. The van der Waals surface area contributed by atoms with Gasteiger partial charge in [0, 0.05) is 15.1 Å². The van der Waals surface area contributed by atoms with Crippen molar-refractivity contribution in [3.8, 4) is 0 Å². The van der Waals surface area contributed by atoms with Gasteiger partial charge in [-0.05, 0) is 0 Å². The zero-order valence-corrected chi connectivity index (χ0v) is 2.92. The first-order valence-corrected chi connectivity index (χ1v) is 1.33. The van der Waals surface area contributed by atoms with Crippen LogP contribution in [0.2, 0.25) is 0 Å². The van der Waals surface area contributed by atoms with Crippen LogP contribution in [0.25, 0.3) is 0 Å². The van der Waals surface area contributed by atoms with Crippen molar-refractivity contribution in [3.05, 3.63) is 0 Å². The zero-order valence-electron chi connectivity index (χ0n) is 4.16. The van der Waals surface area contributed by atoms with Gasteiger partial charge >= 0.3 is 0 Å². The summed E-state index contributed by atoms with van der Waals surface area (Å²) in [5.41, 5.74) is 4.80. The van der Waals surface area contributed by atoms with Crippen molar-refractivity contribution in [2.45, 2.75) is 0 Å². The lowest BCUT2D eigenvalue weighted by Crippen LogP contribution is -1.97. The van der Waals surface area contributed by atoms with Gasteiger partial charge in [-0.2, -0.15) is 0 Å². The Morgan fingerprint density at radius 1 is 2.25 bits per heavy atom. The van der Waals surface area contributed by atoms with Gasteiger partial charge in [0.2, 0.25) is 0 Å². The molecular weight excluding hydrogens is 73.5 g/mol. The summed E-state index contributed by atoms with van der Waals surface area (Å²) in [6.45, 7) is -0.130. The largest absolute Gasteiger partial charge is 0.329 e. The van der Waals surface area contributed by atoms with E-state index in [4.69, 9.17) is 20.1 Å². The van der Waals surface area contributed by atoms with E-state index in [-0.39, 0.29) is 6.54 Å². The maximum atomic E-state index is 6.49. The molecule has 0 amide bonds. The minimum atomic E-state index is -1.71. The van der Waals surface area contributed by atoms with E-state index in [2.05, 4.69) is 0 Å². The maximum absolute atomic E-state index is 6.49. The van der Waals surface area contributed by atoms with Crippen LogP contribution in [-0.4, -0.2) is 12.4 Å². The third-order valence-corrected chi connectivity index (χ3v) is 0.231. The molecule has 0 unspecified atom stereocenters. The van der Waals surface area contributed by atoms with Crippen LogP contribution < -0.4 is 5.73 Å². The first-order valence-electron chi connectivity index (χ1n) is 1.95. The number of halogens is 1. The van der Waals surface area contributed by atoms with E-state index in [0.717, 1.165) is 0 Å². The van der Waals surface area contributed by atoms with Crippen LogP contribution in [0.4, 0.5) is 0 Å². The van der Waals surface area contributed by atoms with E-state index in [1.54, 1.807) is 0 Å². The first-order chi connectivity index (χ1) is 2.56. The third-order valence-electron chi connectivity index (χ3n) is 0.0772. The quantitative estimate of drug-likeness (QED) is 0.448. The normalized spacial score (nSPS) is 18.5. The van der Waals surface area contributed by atoms with E-state index in [1.165, 1.54) is 0 Å². The van der Waals surface area contributed by atoms with Crippen molar-refractivity contribution < 1.29 is 2.74 Å². The molecule has 0 bridgehead atoms. The van der Waals surface area contributed by atoms with Gasteiger partial charge in [0.1, 0.15) is 0 Å². The molecule has 0 atom stereocenters. The summed E-state index contributed by atoms with van der Waals surface area (Å²) in [6, 6.07) is 0. The van der Waals surface area contributed by atoms with Crippen molar-refractivity contribution in [2.24, 2.45) is 5.73 Å². The van der Waals surface area contributed by atoms with Gasteiger partial charge in [0.05, 0.1) is 0 Å². The van der Waals surface area contributed by atoms with Gasteiger partial charge in [0.25, 0.3) is 0 Å². The average molecular weight is 81.5 g/mol. The third kappa shape index (κ3) is 2.25. The number of hydrogen-bond donors (Lipinski definition) is 1. The number of rotatable bonds is 1. The van der Waals surface area contributed by atoms with Crippen molar-refractivity contribution in [3.63, 3.8) is 0 Å². The van der Waals surface area contributed by atoms with Crippen molar-refractivity contribution >= 4 is 11.6 Å². The Bertz CT molecular complexity index is 41.3. The number of hydrogen-bond acceptors (Lipinski definition) is 1. The first kappa shape index (κ1) is 1.63. The molecule has 4 heavy (non-hydrogen) atoms. The highest BCUT2D eigenvalue weighted by molar-refractivity contribution is 6.18. The van der Waals surface area contributed by atoms with Crippen LogP contribution in [0.3, 0.4) is 0 Å². The second-order valence-electron chi connectivity index (χ2n) is 0.338. The molecule has 0 radical (unpaired) electrons. The maximum Gasteiger partial charge on any atom is 0.0448 e. The minimum absolute atomic E-state index is 0.130. The molecule has 0 spiro atoms. The van der Waals surface area contributed by atoms with Crippen LogP contribution in [0.15, 0.2) is 0 Å². The van der Waals surface area contributed by atoms with Crippen LogP contribution in [0.5, 0.6) is 0 Å². The molecule has 0 aromatic carbocycles. The molecule has 0 aromatic heterocycles. The fraction of sp³-hybridized carbons (Fsp3) is 1.00. The Hall–Kier alpha value is 0.250. The lowest BCUT2D eigenvalue weighted by molar-refractivity contribution is 1.14. The summed E-state index contributed by atoms with van der Waals surface area (Å²) in [4.78, 5) is 0. The molecule has 0 heterocycles. The SMILES string of the molecule is [2H]C([2H])(Cl)CN. The Labute approximate surface area is 33.6 Å². The fourth-order valence-electron chi connectivity index (χ4n) is 0. The standard InChI is InChI=1S/C2H6ClN/c3-1-2-4/h1-2,4H2/i1D2. The Morgan fingerprint density at radius 3 is 2.50 bits per heavy atom. The second kappa shape index (κ2) is 3.25. The van der Waals surface area contributed by atoms with E-state index in [1.807, 2.05) is 0 Å². The highest BCUT2D eigenvalue weighted by atomic mass is 35.5. The van der Waals surface area contributed by atoms with E-state index >= 15 is 0 Å². The highest BCUT2D eigenvalue weighted by Gasteiger charge is 1.58. The van der Waals surface area contributed by atoms with Crippen molar-refractivity contribution in [1.82, 2.24) is 0 Å². The lowest BCUT2D eigenvalue weighted by atomic mass is 10.8. The molecular formula is C2H6ClN. The summed E-state index contributed by atoms with van der Waals surface area (Å²) in [6.07, 6.45) is 0. The van der Waals surface area contributed by atoms with Crippen LogP contribution in [0, 0.1) is 0 Å². The predicted molar refractivity (Wildman–Crippen MR) is 19.8 cm³/mol. The predicted octanol–water partition coefficient (Wildman–Crippen LogP) is 0.184. The van der Waals surface area contributed by atoms with Gasteiger partial charge in [-0.15, -0.1) is 11.6 Å².